The van der Waals surface area contributed by atoms with Crippen molar-refractivity contribution in [2.45, 2.75) is 451 Å². The number of rotatable bonds is 72. The van der Waals surface area contributed by atoms with Gasteiger partial charge in [-0.2, -0.15) is 0 Å². The second-order valence-electron chi connectivity index (χ2n) is 26.3. The van der Waals surface area contributed by atoms with Crippen LogP contribution >= 0.6 is 0 Å². The summed E-state index contributed by atoms with van der Waals surface area (Å²) in [4.78, 5) is 38.6. The second-order valence-corrected chi connectivity index (χ2v) is 26.3. The molecule has 0 aromatic carbocycles. The molecule has 6 nitrogen and oxygen atoms in total. The number of unbranched alkanes of at least 4 members (excludes halogenated alkanes) is 59. The van der Waals surface area contributed by atoms with Gasteiger partial charge in [-0.05, 0) is 44.9 Å². The zero-order valence-electron chi connectivity index (χ0n) is 56.8. The summed E-state index contributed by atoms with van der Waals surface area (Å²) in [7, 11) is 0. The van der Waals surface area contributed by atoms with Crippen LogP contribution in [0, 0.1) is 0 Å². The Balaban J connectivity index is 4.26. The molecular formula is C77H148O6. The highest BCUT2D eigenvalue weighted by molar-refractivity contribution is 5.71. The zero-order chi connectivity index (χ0) is 59.9. The van der Waals surface area contributed by atoms with E-state index in [0.29, 0.717) is 19.3 Å². The molecule has 0 aliphatic heterocycles. The molecule has 0 aromatic heterocycles. The van der Waals surface area contributed by atoms with Crippen LogP contribution in [0.2, 0.25) is 0 Å². The molecule has 1 unspecified atom stereocenters. The number of ether oxygens (including phenoxy) is 3. The van der Waals surface area contributed by atoms with Crippen molar-refractivity contribution in [1.82, 2.24) is 0 Å². The predicted molar refractivity (Wildman–Crippen MR) is 363 cm³/mol. The number of esters is 3. The highest BCUT2D eigenvalue weighted by Gasteiger charge is 2.20. The Bertz CT molecular complexity index is 1300. The fraction of sp³-hybridized carbons (Fsp3) is 0.935. The van der Waals surface area contributed by atoms with Gasteiger partial charge in [0.05, 0.1) is 0 Å². The summed E-state index contributed by atoms with van der Waals surface area (Å²) in [6, 6.07) is 0. The summed E-state index contributed by atoms with van der Waals surface area (Å²) in [6.45, 7) is 6.75. The van der Waals surface area contributed by atoms with Gasteiger partial charge in [0.2, 0.25) is 0 Å². The van der Waals surface area contributed by atoms with Crippen LogP contribution in [-0.2, 0) is 28.6 Å². The summed E-state index contributed by atoms with van der Waals surface area (Å²) < 4.78 is 17.1. The molecule has 0 fully saturated rings. The topological polar surface area (TPSA) is 78.9 Å². The fourth-order valence-electron chi connectivity index (χ4n) is 12.0. The van der Waals surface area contributed by atoms with E-state index in [2.05, 4.69) is 32.9 Å². The van der Waals surface area contributed by atoms with Crippen molar-refractivity contribution >= 4 is 17.9 Å². The van der Waals surface area contributed by atoms with Crippen LogP contribution in [0.4, 0.5) is 0 Å². The van der Waals surface area contributed by atoms with E-state index >= 15 is 0 Å². The van der Waals surface area contributed by atoms with Crippen molar-refractivity contribution in [3.05, 3.63) is 12.2 Å². The first kappa shape index (κ1) is 81.2. The van der Waals surface area contributed by atoms with Gasteiger partial charge < -0.3 is 14.2 Å². The van der Waals surface area contributed by atoms with E-state index in [1.807, 2.05) is 0 Å². The molecule has 0 bridgehead atoms. The molecule has 492 valence electrons. The van der Waals surface area contributed by atoms with Gasteiger partial charge in [0.15, 0.2) is 6.10 Å². The van der Waals surface area contributed by atoms with E-state index < -0.39 is 6.10 Å². The SMILES string of the molecule is CCCCCCCCCC/C=C\CCCCCCCCCCCC(=O)OC(COC(=O)CCCCCCCCCCCCCCCCCCCCC)COC(=O)CCCCCCCCCCCCCCCCCCCCCCCCCCC. The maximum atomic E-state index is 13.0. The third kappa shape index (κ3) is 70.8. The van der Waals surface area contributed by atoms with Crippen LogP contribution in [0.3, 0.4) is 0 Å². The van der Waals surface area contributed by atoms with Gasteiger partial charge in [0, 0.05) is 19.3 Å². The molecule has 0 spiro atoms. The minimum absolute atomic E-state index is 0.0633. The van der Waals surface area contributed by atoms with Gasteiger partial charge in [-0.15, -0.1) is 0 Å². The van der Waals surface area contributed by atoms with E-state index in [0.717, 1.165) is 57.8 Å². The third-order valence-corrected chi connectivity index (χ3v) is 17.8. The van der Waals surface area contributed by atoms with Crippen molar-refractivity contribution in [2.75, 3.05) is 13.2 Å². The molecule has 0 aliphatic carbocycles. The van der Waals surface area contributed by atoms with Gasteiger partial charge in [-0.3, -0.25) is 14.4 Å². The molecule has 0 N–H and O–H groups in total. The molecule has 0 saturated carbocycles. The summed E-state index contributed by atoms with van der Waals surface area (Å²) in [5, 5.41) is 0. The van der Waals surface area contributed by atoms with E-state index in [1.165, 1.54) is 347 Å². The minimum atomic E-state index is -0.769. The van der Waals surface area contributed by atoms with Gasteiger partial charge in [0.25, 0.3) is 0 Å². The Labute approximate surface area is 520 Å². The van der Waals surface area contributed by atoms with Crippen LogP contribution in [0.5, 0.6) is 0 Å². The van der Waals surface area contributed by atoms with Crippen molar-refractivity contribution in [2.24, 2.45) is 0 Å². The maximum absolute atomic E-state index is 13.0. The van der Waals surface area contributed by atoms with Crippen LogP contribution in [-0.4, -0.2) is 37.2 Å². The average Bonchev–Trinajstić information content (AvgIpc) is 3.50. The van der Waals surface area contributed by atoms with Crippen molar-refractivity contribution in [1.29, 1.82) is 0 Å². The summed E-state index contributed by atoms with van der Waals surface area (Å²) in [5.74, 6) is -0.823. The molecule has 0 rings (SSSR count). The first-order valence-electron chi connectivity index (χ1n) is 38.2. The summed E-state index contributed by atoms with van der Waals surface area (Å²) >= 11 is 0. The average molecular weight is 1170 g/mol. The Kier molecular flexibility index (Phi) is 71.0. The number of carbonyl (C=O) groups is 3. The standard InChI is InChI=1S/C77H148O6/c1-4-7-10-13-16-19-22-25-28-31-34-36-37-38-39-41-43-46-49-52-55-58-61-64-67-70-76(79)82-73-74(72-81-75(78)69-66-63-60-57-54-51-48-45-42-33-30-27-24-21-18-15-12-9-6-3)83-77(80)71-68-65-62-59-56-53-50-47-44-40-35-32-29-26-23-20-17-14-11-8-5-2/h32,35,74H,4-31,33-34,36-73H2,1-3H3/b35-32-. The molecule has 0 aromatic rings. The highest BCUT2D eigenvalue weighted by Crippen LogP contribution is 2.20. The largest absolute Gasteiger partial charge is 0.462 e. The van der Waals surface area contributed by atoms with Gasteiger partial charge in [-0.1, -0.05) is 392 Å². The lowest BCUT2D eigenvalue weighted by atomic mass is 10.0. The number of hydrogen-bond donors (Lipinski definition) is 0. The maximum Gasteiger partial charge on any atom is 0.306 e. The van der Waals surface area contributed by atoms with Crippen molar-refractivity contribution < 1.29 is 28.6 Å². The van der Waals surface area contributed by atoms with E-state index in [9.17, 15) is 14.4 Å². The molecule has 83 heavy (non-hydrogen) atoms. The van der Waals surface area contributed by atoms with Crippen LogP contribution < -0.4 is 0 Å². The Morgan fingerprint density at radius 2 is 0.398 bits per heavy atom. The quantitative estimate of drug-likeness (QED) is 0.0261. The molecule has 0 aliphatic rings. The predicted octanol–water partition coefficient (Wildman–Crippen LogP) is 26.3. The minimum Gasteiger partial charge on any atom is -0.462 e. The highest BCUT2D eigenvalue weighted by atomic mass is 16.6. The van der Waals surface area contributed by atoms with Crippen LogP contribution in [0.1, 0.15) is 445 Å². The summed E-state index contributed by atoms with van der Waals surface area (Å²) in [6.07, 6.45) is 88.3. The molecule has 0 heterocycles. The van der Waals surface area contributed by atoms with Gasteiger partial charge in [-0.25, -0.2) is 0 Å². The van der Waals surface area contributed by atoms with Crippen LogP contribution in [0.15, 0.2) is 12.2 Å². The van der Waals surface area contributed by atoms with Gasteiger partial charge in [0.1, 0.15) is 13.2 Å². The third-order valence-electron chi connectivity index (χ3n) is 17.8. The van der Waals surface area contributed by atoms with Gasteiger partial charge >= 0.3 is 17.9 Å². The van der Waals surface area contributed by atoms with E-state index in [4.69, 9.17) is 14.2 Å². The number of allylic oxidation sites excluding steroid dienone is 2. The number of carbonyl (C=O) groups excluding carboxylic acids is 3. The van der Waals surface area contributed by atoms with Crippen molar-refractivity contribution in [3.8, 4) is 0 Å². The first-order valence-corrected chi connectivity index (χ1v) is 38.2. The molecular weight excluding hydrogens is 1020 g/mol. The molecule has 6 heteroatoms. The molecule has 1 atom stereocenters. The van der Waals surface area contributed by atoms with Crippen LogP contribution in [0.25, 0.3) is 0 Å². The lowest BCUT2D eigenvalue weighted by Gasteiger charge is -2.18. The zero-order valence-corrected chi connectivity index (χ0v) is 56.8. The Hall–Kier alpha value is -1.85. The molecule has 0 radical (unpaired) electrons. The smallest absolute Gasteiger partial charge is 0.306 e. The lowest BCUT2D eigenvalue weighted by Crippen LogP contribution is -2.30. The number of hydrogen-bond acceptors (Lipinski definition) is 6. The Morgan fingerprint density at radius 1 is 0.229 bits per heavy atom. The first-order chi connectivity index (χ1) is 41.0. The van der Waals surface area contributed by atoms with E-state index in [-0.39, 0.29) is 31.1 Å². The molecule has 0 saturated heterocycles. The normalized spacial score (nSPS) is 12.0. The monoisotopic (exact) mass is 1170 g/mol. The second kappa shape index (κ2) is 72.6. The Morgan fingerprint density at radius 3 is 0.602 bits per heavy atom. The fourth-order valence-corrected chi connectivity index (χ4v) is 12.0. The lowest BCUT2D eigenvalue weighted by molar-refractivity contribution is -0.167. The molecule has 0 amide bonds. The summed E-state index contributed by atoms with van der Waals surface area (Å²) in [5.41, 5.74) is 0. The van der Waals surface area contributed by atoms with E-state index in [1.54, 1.807) is 0 Å². The van der Waals surface area contributed by atoms with Crippen molar-refractivity contribution in [3.63, 3.8) is 0 Å².